The lowest BCUT2D eigenvalue weighted by molar-refractivity contribution is -0.385. The van der Waals surface area contributed by atoms with Gasteiger partial charge < -0.3 is 15.4 Å². The van der Waals surface area contributed by atoms with E-state index in [2.05, 4.69) is 10.6 Å². The van der Waals surface area contributed by atoms with Crippen LogP contribution in [-0.4, -0.2) is 34.7 Å². The summed E-state index contributed by atoms with van der Waals surface area (Å²) in [6.07, 6.45) is 0. The van der Waals surface area contributed by atoms with Crippen LogP contribution >= 0.6 is 11.3 Å². The van der Waals surface area contributed by atoms with Gasteiger partial charge in [-0.15, -0.1) is 11.3 Å². The molecule has 13 heteroatoms. The number of thiophene rings is 1. The van der Waals surface area contributed by atoms with Gasteiger partial charge in [-0.1, -0.05) is 12.1 Å². The molecule has 0 bridgehead atoms. The number of carbonyl (C=O) groups is 3. The number of nitro groups is 2. The average Bonchev–Trinajstić information content (AvgIpc) is 3.14. The Morgan fingerprint density at radius 2 is 1.53 bits per heavy atom. The summed E-state index contributed by atoms with van der Waals surface area (Å²) in [4.78, 5) is 58.7. The van der Waals surface area contributed by atoms with Gasteiger partial charge in [0, 0.05) is 35.5 Å². The summed E-state index contributed by atoms with van der Waals surface area (Å²) in [6, 6.07) is 10.3. The molecule has 2 N–H and O–H groups in total. The van der Waals surface area contributed by atoms with Gasteiger partial charge in [0.25, 0.3) is 23.2 Å². The number of rotatable bonds is 7. The second-order valence-corrected chi connectivity index (χ2v) is 7.80. The van der Waals surface area contributed by atoms with Crippen LogP contribution in [0.2, 0.25) is 0 Å². The number of nitrogens with zero attached hydrogens (tertiary/aromatic N) is 2. The van der Waals surface area contributed by atoms with Gasteiger partial charge in [0.15, 0.2) is 0 Å². The molecule has 1 heterocycles. The number of hydrogen-bond donors (Lipinski definition) is 2. The molecule has 0 saturated heterocycles. The van der Waals surface area contributed by atoms with E-state index < -0.39 is 27.6 Å². The van der Waals surface area contributed by atoms with Crippen LogP contribution in [0.5, 0.6) is 0 Å². The quantitative estimate of drug-likeness (QED) is 0.286. The minimum atomic E-state index is -0.808. The van der Waals surface area contributed by atoms with Crippen molar-refractivity contribution in [1.82, 2.24) is 0 Å². The molecule has 1 aromatic heterocycles. The van der Waals surface area contributed by atoms with E-state index in [1.165, 1.54) is 49.4 Å². The molecular weight excluding hydrogens is 468 g/mol. The van der Waals surface area contributed by atoms with Crippen LogP contribution in [0.25, 0.3) is 0 Å². The number of esters is 1. The minimum absolute atomic E-state index is 0.00467. The van der Waals surface area contributed by atoms with E-state index in [0.29, 0.717) is 0 Å². The zero-order chi connectivity index (χ0) is 25.0. The van der Waals surface area contributed by atoms with Gasteiger partial charge in [-0.3, -0.25) is 29.8 Å². The number of anilines is 2. The van der Waals surface area contributed by atoms with Crippen molar-refractivity contribution in [1.29, 1.82) is 0 Å². The summed E-state index contributed by atoms with van der Waals surface area (Å²) >= 11 is 0.789. The number of nitro benzene ring substituents is 2. The van der Waals surface area contributed by atoms with Crippen molar-refractivity contribution in [3.05, 3.63) is 90.3 Å². The van der Waals surface area contributed by atoms with Crippen LogP contribution in [0.4, 0.5) is 22.1 Å². The standard InChI is InChI=1S/C21H16N4O8S/c1-11-16(21(28)33-2)20(23-18(26)12-5-3-7-14(9-12)24(29)30)34-17(11)19(27)22-13-6-4-8-15(10-13)25(31)32/h3-10H,1-2H3,(H,22,27)(H,23,26). The fraction of sp³-hybridized carbons (Fsp3) is 0.0952. The molecule has 2 aromatic carbocycles. The van der Waals surface area contributed by atoms with E-state index in [-0.39, 0.29) is 43.6 Å². The van der Waals surface area contributed by atoms with E-state index in [1.54, 1.807) is 0 Å². The van der Waals surface area contributed by atoms with E-state index in [9.17, 15) is 34.6 Å². The summed E-state index contributed by atoms with van der Waals surface area (Å²) in [5.74, 6) is -2.21. The lowest BCUT2D eigenvalue weighted by Gasteiger charge is -2.06. The Morgan fingerprint density at radius 3 is 2.15 bits per heavy atom. The number of nitrogens with one attached hydrogen (secondary N) is 2. The van der Waals surface area contributed by atoms with E-state index in [1.807, 2.05) is 0 Å². The first-order chi connectivity index (χ1) is 16.1. The maximum Gasteiger partial charge on any atom is 0.341 e. The Bertz CT molecular complexity index is 1330. The fourth-order valence-electron chi connectivity index (χ4n) is 2.99. The van der Waals surface area contributed by atoms with Crippen molar-refractivity contribution in [2.75, 3.05) is 17.7 Å². The Balaban J connectivity index is 1.94. The molecule has 12 nitrogen and oxygen atoms in total. The van der Waals surface area contributed by atoms with Gasteiger partial charge in [0.1, 0.15) is 5.00 Å². The third kappa shape index (κ3) is 5.05. The number of hydrogen-bond acceptors (Lipinski definition) is 9. The van der Waals surface area contributed by atoms with Gasteiger partial charge in [-0.2, -0.15) is 0 Å². The summed E-state index contributed by atoms with van der Waals surface area (Å²) in [7, 11) is 1.13. The second kappa shape index (κ2) is 9.87. The van der Waals surface area contributed by atoms with Crippen LogP contribution in [0.1, 0.15) is 36.0 Å². The van der Waals surface area contributed by atoms with Crippen LogP contribution in [0.15, 0.2) is 48.5 Å². The molecule has 3 aromatic rings. The number of ether oxygens (including phenoxy) is 1. The summed E-state index contributed by atoms with van der Waals surface area (Å²) < 4.78 is 4.77. The van der Waals surface area contributed by atoms with Crippen molar-refractivity contribution >= 4 is 51.2 Å². The maximum atomic E-state index is 12.9. The summed E-state index contributed by atoms with van der Waals surface area (Å²) in [5.41, 5.74) is -0.224. The van der Waals surface area contributed by atoms with Crippen molar-refractivity contribution < 1.29 is 29.0 Å². The first kappa shape index (κ1) is 24.0. The molecule has 0 aliphatic heterocycles. The summed E-state index contributed by atoms with van der Waals surface area (Å²) in [6.45, 7) is 1.48. The van der Waals surface area contributed by atoms with E-state index in [0.717, 1.165) is 24.5 Å². The normalized spacial score (nSPS) is 10.3. The zero-order valence-electron chi connectivity index (χ0n) is 17.7. The largest absolute Gasteiger partial charge is 0.465 e. The molecule has 0 atom stereocenters. The van der Waals surface area contributed by atoms with Crippen molar-refractivity contribution in [3.63, 3.8) is 0 Å². The lowest BCUT2D eigenvalue weighted by atomic mass is 10.1. The van der Waals surface area contributed by atoms with Gasteiger partial charge in [-0.05, 0) is 24.6 Å². The topological polar surface area (TPSA) is 171 Å². The fourth-order valence-corrected chi connectivity index (χ4v) is 4.07. The molecule has 0 radical (unpaired) electrons. The van der Waals surface area contributed by atoms with Gasteiger partial charge in [0.2, 0.25) is 0 Å². The van der Waals surface area contributed by atoms with Gasteiger partial charge in [-0.25, -0.2) is 4.79 Å². The molecule has 34 heavy (non-hydrogen) atoms. The molecule has 3 rings (SSSR count). The van der Waals surface area contributed by atoms with Gasteiger partial charge in [0.05, 0.1) is 27.4 Å². The molecule has 0 saturated carbocycles. The highest BCUT2D eigenvalue weighted by Crippen LogP contribution is 2.35. The molecule has 2 amide bonds. The highest BCUT2D eigenvalue weighted by molar-refractivity contribution is 7.19. The molecule has 0 aliphatic rings. The summed E-state index contributed by atoms with van der Waals surface area (Å²) in [5, 5.41) is 27.0. The minimum Gasteiger partial charge on any atom is -0.465 e. The highest BCUT2D eigenvalue weighted by atomic mass is 32.1. The number of amides is 2. The number of non-ortho nitro benzene ring substituents is 2. The van der Waals surface area contributed by atoms with E-state index >= 15 is 0 Å². The van der Waals surface area contributed by atoms with Crippen molar-refractivity contribution in [2.45, 2.75) is 6.92 Å². The smallest absolute Gasteiger partial charge is 0.341 e. The van der Waals surface area contributed by atoms with Crippen LogP contribution < -0.4 is 10.6 Å². The zero-order valence-corrected chi connectivity index (χ0v) is 18.5. The first-order valence-electron chi connectivity index (χ1n) is 9.45. The molecule has 0 aliphatic carbocycles. The molecule has 0 unspecified atom stereocenters. The first-order valence-corrected chi connectivity index (χ1v) is 10.3. The lowest BCUT2D eigenvalue weighted by Crippen LogP contribution is -2.14. The number of methoxy groups -OCH3 is 1. The second-order valence-electron chi connectivity index (χ2n) is 6.78. The predicted octanol–water partition coefficient (Wildman–Crippen LogP) is 4.16. The van der Waals surface area contributed by atoms with Crippen molar-refractivity contribution in [2.24, 2.45) is 0 Å². The molecule has 0 spiro atoms. The maximum absolute atomic E-state index is 12.9. The Morgan fingerprint density at radius 1 is 0.912 bits per heavy atom. The third-order valence-corrected chi connectivity index (χ3v) is 5.81. The molecule has 0 fully saturated rings. The van der Waals surface area contributed by atoms with Crippen LogP contribution in [-0.2, 0) is 4.74 Å². The Hall–Kier alpha value is -4.65. The molecule has 174 valence electrons. The monoisotopic (exact) mass is 484 g/mol. The van der Waals surface area contributed by atoms with Crippen LogP contribution in [0, 0.1) is 27.2 Å². The Labute approximate surface area is 195 Å². The van der Waals surface area contributed by atoms with Crippen LogP contribution in [0.3, 0.4) is 0 Å². The Kier molecular flexibility index (Phi) is 6.97. The number of benzene rings is 2. The van der Waals surface area contributed by atoms with Crippen molar-refractivity contribution in [3.8, 4) is 0 Å². The van der Waals surface area contributed by atoms with E-state index in [4.69, 9.17) is 4.74 Å². The SMILES string of the molecule is COC(=O)c1c(NC(=O)c2cccc([N+](=O)[O-])c2)sc(C(=O)Nc2cccc([N+](=O)[O-])c2)c1C. The number of carbonyl (C=O) groups excluding carboxylic acids is 3. The third-order valence-electron chi connectivity index (χ3n) is 4.60. The average molecular weight is 484 g/mol. The molecular formula is C21H16N4O8S. The highest BCUT2D eigenvalue weighted by Gasteiger charge is 2.27. The predicted molar refractivity (Wildman–Crippen MR) is 122 cm³/mol. The van der Waals surface area contributed by atoms with Gasteiger partial charge >= 0.3 is 5.97 Å².